The van der Waals surface area contributed by atoms with Gasteiger partial charge in [-0.1, -0.05) is 26.0 Å². The number of benzene rings is 1. The third kappa shape index (κ3) is 4.73. The molecule has 2 N–H and O–H groups in total. The highest BCUT2D eigenvalue weighted by atomic mass is 16.2. The molecule has 0 bridgehead atoms. The normalized spacial score (nSPS) is 12.7. The Morgan fingerprint density at radius 1 is 1.05 bits per heavy atom. The lowest BCUT2D eigenvalue weighted by atomic mass is 10.1. The van der Waals surface area contributed by atoms with E-state index in [-0.39, 0.29) is 6.04 Å². The molecule has 1 unspecified atom stereocenters. The Bertz CT molecular complexity index is 450. The van der Waals surface area contributed by atoms with Crippen LogP contribution in [0.1, 0.15) is 59.1 Å². The molecule has 124 valence electrons. The average Bonchev–Trinajstić information content (AvgIpc) is 2.46. The summed E-state index contributed by atoms with van der Waals surface area (Å²) < 4.78 is 0. The van der Waals surface area contributed by atoms with Gasteiger partial charge in [0.2, 0.25) is 0 Å². The van der Waals surface area contributed by atoms with E-state index >= 15 is 0 Å². The molecule has 0 saturated carbocycles. The molecular formula is C18H31N3O. The summed E-state index contributed by atoms with van der Waals surface area (Å²) in [5.74, 6) is 0. The summed E-state index contributed by atoms with van der Waals surface area (Å²) in [6.07, 6.45) is 2.32. The molecule has 2 amide bonds. The lowest BCUT2D eigenvalue weighted by molar-refractivity contribution is 0.211. The first-order chi connectivity index (χ1) is 10.4. The van der Waals surface area contributed by atoms with Gasteiger partial charge in [0.15, 0.2) is 0 Å². The van der Waals surface area contributed by atoms with Gasteiger partial charge in [0.25, 0.3) is 0 Å². The van der Waals surface area contributed by atoms with Crippen molar-refractivity contribution in [3.05, 3.63) is 29.8 Å². The molecule has 0 saturated heterocycles. The molecule has 4 heteroatoms. The Morgan fingerprint density at radius 3 is 1.91 bits per heavy atom. The van der Waals surface area contributed by atoms with Crippen molar-refractivity contribution in [2.45, 2.75) is 59.5 Å². The topological polar surface area (TPSA) is 49.6 Å². The molecule has 22 heavy (non-hydrogen) atoms. The van der Waals surface area contributed by atoms with E-state index in [0.29, 0.717) is 6.04 Å². The van der Waals surface area contributed by atoms with Crippen molar-refractivity contribution in [3.63, 3.8) is 0 Å². The minimum absolute atomic E-state index is 0.0532. The van der Waals surface area contributed by atoms with Crippen LogP contribution >= 0.6 is 0 Å². The third-order valence-corrected chi connectivity index (χ3v) is 3.98. The van der Waals surface area contributed by atoms with Gasteiger partial charge in [-0.25, -0.2) is 4.79 Å². The molecule has 1 aromatic carbocycles. The molecule has 0 aliphatic carbocycles. The van der Waals surface area contributed by atoms with Gasteiger partial charge in [-0.15, -0.1) is 0 Å². The fourth-order valence-corrected chi connectivity index (χ4v) is 2.88. The summed E-state index contributed by atoms with van der Waals surface area (Å²) in [4.78, 5) is 15.7. The van der Waals surface area contributed by atoms with E-state index in [1.807, 2.05) is 26.0 Å². The van der Waals surface area contributed by atoms with Gasteiger partial charge in [-0.05, 0) is 64.4 Å². The molecule has 0 heterocycles. The fraction of sp³-hybridized carbons (Fsp3) is 0.611. The molecule has 0 aliphatic heterocycles. The summed E-state index contributed by atoms with van der Waals surface area (Å²) in [7, 11) is 0. The Morgan fingerprint density at radius 2 is 1.55 bits per heavy atom. The van der Waals surface area contributed by atoms with E-state index in [4.69, 9.17) is 5.73 Å². The summed E-state index contributed by atoms with van der Waals surface area (Å²) in [5.41, 5.74) is 7.61. The van der Waals surface area contributed by atoms with E-state index in [0.717, 1.165) is 31.6 Å². The lowest BCUT2D eigenvalue weighted by Gasteiger charge is -2.29. The predicted octanol–water partition coefficient (Wildman–Crippen LogP) is 4.16. The smallest absolute Gasteiger partial charge is 0.319 e. The predicted molar refractivity (Wildman–Crippen MR) is 94.2 cm³/mol. The molecule has 0 radical (unpaired) electrons. The largest absolute Gasteiger partial charge is 0.351 e. The molecular weight excluding hydrogens is 274 g/mol. The summed E-state index contributed by atoms with van der Waals surface area (Å²) in [6, 6.07) is 8.23. The van der Waals surface area contributed by atoms with Gasteiger partial charge in [-0.2, -0.15) is 0 Å². The molecule has 1 aromatic rings. The SMILES string of the molecule is CCCN(CCC)C(C)c1ccc(N(C(N)=O)C(C)C)cc1. The summed E-state index contributed by atoms with van der Waals surface area (Å²) in [6.45, 7) is 12.8. The number of amides is 2. The van der Waals surface area contributed by atoms with Crippen LogP contribution < -0.4 is 10.6 Å². The molecule has 0 fully saturated rings. The Labute approximate surface area is 135 Å². The first kappa shape index (κ1) is 18.5. The summed E-state index contributed by atoms with van der Waals surface area (Å²) in [5, 5.41) is 0. The zero-order valence-electron chi connectivity index (χ0n) is 14.7. The van der Waals surface area contributed by atoms with Crippen molar-refractivity contribution in [2.75, 3.05) is 18.0 Å². The summed E-state index contributed by atoms with van der Waals surface area (Å²) >= 11 is 0. The van der Waals surface area contributed by atoms with Crippen LogP contribution in [0.5, 0.6) is 0 Å². The highest BCUT2D eigenvalue weighted by molar-refractivity contribution is 5.91. The van der Waals surface area contributed by atoms with Gasteiger partial charge in [0.05, 0.1) is 0 Å². The van der Waals surface area contributed by atoms with Crippen molar-refractivity contribution in [1.82, 2.24) is 4.90 Å². The van der Waals surface area contributed by atoms with Crippen molar-refractivity contribution in [1.29, 1.82) is 0 Å². The molecule has 1 atom stereocenters. The quantitative estimate of drug-likeness (QED) is 0.784. The number of nitrogens with zero attached hydrogens (tertiary/aromatic N) is 2. The van der Waals surface area contributed by atoms with Crippen LogP contribution in [0.2, 0.25) is 0 Å². The van der Waals surface area contributed by atoms with Gasteiger partial charge < -0.3 is 5.73 Å². The second kappa shape index (κ2) is 8.79. The maximum absolute atomic E-state index is 11.6. The second-order valence-corrected chi connectivity index (χ2v) is 6.11. The maximum atomic E-state index is 11.6. The average molecular weight is 305 g/mol. The van der Waals surface area contributed by atoms with Crippen molar-refractivity contribution in [3.8, 4) is 0 Å². The number of carbonyl (C=O) groups excluding carboxylic acids is 1. The monoisotopic (exact) mass is 305 g/mol. The highest BCUT2D eigenvalue weighted by Gasteiger charge is 2.18. The van der Waals surface area contributed by atoms with E-state index in [1.54, 1.807) is 4.90 Å². The number of hydrogen-bond acceptors (Lipinski definition) is 2. The highest BCUT2D eigenvalue weighted by Crippen LogP contribution is 2.24. The maximum Gasteiger partial charge on any atom is 0.319 e. The minimum Gasteiger partial charge on any atom is -0.351 e. The zero-order valence-corrected chi connectivity index (χ0v) is 14.7. The molecule has 4 nitrogen and oxygen atoms in total. The number of carbonyl (C=O) groups is 1. The molecule has 0 aliphatic rings. The van der Waals surface area contributed by atoms with Crippen molar-refractivity contribution in [2.24, 2.45) is 5.73 Å². The van der Waals surface area contributed by atoms with Crippen LogP contribution in [0.3, 0.4) is 0 Å². The van der Waals surface area contributed by atoms with E-state index in [1.165, 1.54) is 5.56 Å². The standard InChI is InChI=1S/C18H31N3O/c1-6-12-20(13-7-2)15(5)16-8-10-17(11-9-16)21(14(3)4)18(19)22/h8-11,14-15H,6-7,12-13H2,1-5H3,(H2,19,22). The van der Waals surface area contributed by atoms with Crippen LogP contribution in [0.4, 0.5) is 10.5 Å². The van der Waals surface area contributed by atoms with Gasteiger partial charge >= 0.3 is 6.03 Å². The Balaban J connectivity index is 2.93. The number of urea groups is 1. The van der Waals surface area contributed by atoms with E-state index in [2.05, 4.69) is 37.8 Å². The molecule has 0 spiro atoms. The fourth-order valence-electron chi connectivity index (χ4n) is 2.88. The molecule has 0 aromatic heterocycles. The van der Waals surface area contributed by atoms with E-state index < -0.39 is 6.03 Å². The second-order valence-electron chi connectivity index (χ2n) is 6.11. The van der Waals surface area contributed by atoms with Crippen molar-refractivity contribution < 1.29 is 4.79 Å². The zero-order chi connectivity index (χ0) is 16.7. The minimum atomic E-state index is -0.408. The Hall–Kier alpha value is -1.55. The van der Waals surface area contributed by atoms with Gasteiger partial charge in [0, 0.05) is 17.8 Å². The van der Waals surface area contributed by atoms with E-state index in [9.17, 15) is 4.79 Å². The first-order valence-corrected chi connectivity index (χ1v) is 8.35. The van der Waals surface area contributed by atoms with Gasteiger partial charge in [-0.3, -0.25) is 9.80 Å². The lowest BCUT2D eigenvalue weighted by Crippen LogP contribution is -2.40. The number of anilines is 1. The van der Waals surface area contributed by atoms with Crippen LogP contribution in [-0.2, 0) is 0 Å². The van der Waals surface area contributed by atoms with Crippen molar-refractivity contribution >= 4 is 11.7 Å². The van der Waals surface area contributed by atoms with Crippen LogP contribution in [0.25, 0.3) is 0 Å². The number of hydrogen-bond donors (Lipinski definition) is 1. The Kier molecular flexibility index (Phi) is 7.39. The van der Waals surface area contributed by atoms with Gasteiger partial charge in [0.1, 0.15) is 0 Å². The number of primary amides is 1. The van der Waals surface area contributed by atoms with Crippen LogP contribution in [0, 0.1) is 0 Å². The van der Waals surface area contributed by atoms with Crippen LogP contribution in [0.15, 0.2) is 24.3 Å². The number of nitrogens with two attached hydrogens (primary N) is 1. The van der Waals surface area contributed by atoms with Crippen LogP contribution in [-0.4, -0.2) is 30.1 Å². The molecule has 1 rings (SSSR count). The third-order valence-electron chi connectivity index (χ3n) is 3.98. The first-order valence-electron chi connectivity index (χ1n) is 8.35. The number of rotatable bonds is 8.